The minimum atomic E-state index is -0.584. The molecule has 0 fully saturated rings. The van der Waals surface area contributed by atoms with Crippen molar-refractivity contribution in [1.82, 2.24) is 9.36 Å². The first-order valence-corrected chi connectivity index (χ1v) is 9.86. The maximum absolute atomic E-state index is 12.8. The number of aromatic nitrogens is 2. The monoisotopic (exact) mass is 423 g/mol. The second kappa shape index (κ2) is 9.80. The van der Waals surface area contributed by atoms with Crippen LogP contribution in [0.2, 0.25) is 0 Å². The van der Waals surface area contributed by atoms with Gasteiger partial charge in [-0.15, -0.1) is 0 Å². The summed E-state index contributed by atoms with van der Waals surface area (Å²) in [5.41, 5.74) is 2.02. The summed E-state index contributed by atoms with van der Waals surface area (Å²) < 4.78 is 13.7. The van der Waals surface area contributed by atoms with E-state index in [9.17, 15) is 14.4 Å². The Kier molecular flexibility index (Phi) is 6.92. The summed E-state index contributed by atoms with van der Waals surface area (Å²) in [6.45, 7) is 3.30. The summed E-state index contributed by atoms with van der Waals surface area (Å²) in [4.78, 5) is 36.9. The van der Waals surface area contributed by atoms with Gasteiger partial charge in [-0.25, -0.2) is 4.68 Å². The molecule has 0 aliphatic heterocycles. The van der Waals surface area contributed by atoms with Crippen molar-refractivity contribution in [3.05, 3.63) is 76.2 Å². The Hall–Kier alpha value is -3.81. The summed E-state index contributed by atoms with van der Waals surface area (Å²) in [5, 5.41) is 2.55. The summed E-state index contributed by atoms with van der Waals surface area (Å²) in [6, 6.07) is 16.6. The molecule has 1 heterocycles. The highest BCUT2D eigenvalue weighted by Gasteiger charge is 2.18. The molecule has 8 nitrogen and oxygen atoms in total. The molecule has 162 valence electrons. The molecule has 0 unspecified atom stereocenters. The number of hydrogen-bond acceptors (Lipinski definition) is 5. The molecular formula is C23H25N3O5. The smallest absolute Gasteiger partial charge is 0.309 e. The van der Waals surface area contributed by atoms with Crippen molar-refractivity contribution in [1.29, 1.82) is 0 Å². The maximum atomic E-state index is 12.8. The van der Waals surface area contributed by atoms with Crippen LogP contribution in [0, 0.1) is 13.8 Å². The number of carbonyl (C=O) groups excluding carboxylic acids is 2. The van der Waals surface area contributed by atoms with Crippen molar-refractivity contribution in [3.8, 4) is 11.4 Å². The summed E-state index contributed by atoms with van der Waals surface area (Å²) >= 11 is 0. The molecule has 1 N–H and O–H groups in total. The first-order valence-electron chi connectivity index (χ1n) is 9.86. The topological polar surface area (TPSA) is 91.6 Å². The van der Waals surface area contributed by atoms with E-state index >= 15 is 0 Å². The number of anilines is 1. The number of amides is 1. The van der Waals surface area contributed by atoms with Gasteiger partial charge in [0, 0.05) is 7.05 Å². The molecular weight excluding hydrogens is 398 g/mol. The van der Waals surface area contributed by atoms with Crippen LogP contribution in [0.15, 0.2) is 59.4 Å². The number of rotatable bonds is 8. The molecule has 0 bridgehead atoms. The van der Waals surface area contributed by atoms with Crippen molar-refractivity contribution < 1.29 is 19.1 Å². The Bertz CT molecular complexity index is 1130. The predicted molar refractivity (Wildman–Crippen MR) is 117 cm³/mol. The molecule has 1 amide bonds. The number of aryl methyl sites for hydroxylation is 1. The zero-order valence-corrected chi connectivity index (χ0v) is 17.8. The molecule has 3 aromatic rings. The van der Waals surface area contributed by atoms with Gasteiger partial charge in [0.1, 0.15) is 11.4 Å². The lowest BCUT2D eigenvalue weighted by molar-refractivity contribution is -0.147. The predicted octanol–water partition coefficient (Wildman–Crippen LogP) is 2.74. The molecule has 0 spiro atoms. The zero-order chi connectivity index (χ0) is 22.4. The largest absolute Gasteiger partial charge is 0.493 e. The Morgan fingerprint density at radius 1 is 1.00 bits per heavy atom. The van der Waals surface area contributed by atoms with Gasteiger partial charge in [0.05, 0.1) is 24.4 Å². The number of nitrogens with one attached hydrogen (secondary N) is 1. The van der Waals surface area contributed by atoms with Gasteiger partial charge in [0.15, 0.2) is 6.61 Å². The average molecular weight is 423 g/mol. The highest BCUT2D eigenvalue weighted by molar-refractivity contribution is 5.93. The summed E-state index contributed by atoms with van der Waals surface area (Å²) in [7, 11) is 1.73. The maximum Gasteiger partial charge on any atom is 0.309 e. The number of esters is 1. The molecule has 0 aliphatic rings. The number of hydrogen-bond donors (Lipinski definition) is 1. The highest BCUT2D eigenvalue weighted by Crippen LogP contribution is 2.16. The third kappa shape index (κ3) is 5.22. The molecule has 0 aliphatic carbocycles. The Morgan fingerprint density at radius 2 is 1.68 bits per heavy atom. The van der Waals surface area contributed by atoms with Crippen LogP contribution in [-0.2, 0) is 21.4 Å². The van der Waals surface area contributed by atoms with Crippen LogP contribution in [0.25, 0.3) is 5.69 Å². The molecule has 8 heteroatoms. The SMILES string of the molecule is Cc1ccccc1OCCC(=O)OCC(=O)Nc1c(C)n(C)n(-c2ccccc2)c1=O. The van der Waals surface area contributed by atoms with Crippen LogP contribution in [0.3, 0.4) is 0 Å². The van der Waals surface area contributed by atoms with Crippen LogP contribution in [0.5, 0.6) is 5.75 Å². The fourth-order valence-electron chi connectivity index (χ4n) is 3.07. The number of benzene rings is 2. The van der Waals surface area contributed by atoms with Gasteiger partial charge in [-0.2, -0.15) is 0 Å². The first kappa shape index (κ1) is 21.9. The van der Waals surface area contributed by atoms with Gasteiger partial charge < -0.3 is 14.8 Å². The van der Waals surface area contributed by atoms with Gasteiger partial charge >= 0.3 is 5.97 Å². The number of ether oxygens (including phenoxy) is 2. The minimum Gasteiger partial charge on any atom is -0.493 e. The first-order chi connectivity index (χ1) is 14.9. The van der Waals surface area contributed by atoms with Crippen molar-refractivity contribution in [2.45, 2.75) is 20.3 Å². The lowest BCUT2D eigenvalue weighted by atomic mass is 10.2. The second-order valence-electron chi connectivity index (χ2n) is 7.01. The fraction of sp³-hybridized carbons (Fsp3) is 0.261. The van der Waals surface area contributed by atoms with Crippen molar-refractivity contribution >= 4 is 17.6 Å². The molecule has 0 atom stereocenters. The van der Waals surface area contributed by atoms with Crippen molar-refractivity contribution in [3.63, 3.8) is 0 Å². The molecule has 3 rings (SSSR count). The molecule has 0 radical (unpaired) electrons. The van der Waals surface area contributed by atoms with E-state index in [0.717, 1.165) is 5.56 Å². The van der Waals surface area contributed by atoms with E-state index in [-0.39, 0.29) is 24.3 Å². The fourth-order valence-corrected chi connectivity index (χ4v) is 3.07. The summed E-state index contributed by atoms with van der Waals surface area (Å²) in [6.07, 6.45) is 0.00674. The molecule has 0 saturated carbocycles. The van der Waals surface area contributed by atoms with Crippen LogP contribution in [0.4, 0.5) is 5.69 Å². The third-order valence-corrected chi connectivity index (χ3v) is 4.84. The standard InChI is InChI=1S/C23H25N3O5/c1-16-9-7-8-12-19(16)30-14-13-21(28)31-15-20(27)24-22-17(2)25(3)26(23(22)29)18-10-5-4-6-11-18/h4-12H,13-15H2,1-3H3,(H,24,27). The van der Waals surface area contributed by atoms with E-state index in [2.05, 4.69) is 5.32 Å². The van der Waals surface area contributed by atoms with Gasteiger partial charge in [-0.05, 0) is 37.6 Å². The quantitative estimate of drug-likeness (QED) is 0.563. The Balaban J connectivity index is 1.54. The van der Waals surface area contributed by atoms with E-state index in [1.807, 2.05) is 49.4 Å². The Morgan fingerprint density at radius 3 is 2.39 bits per heavy atom. The number of para-hydroxylation sites is 2. The van der Waals surface area contributed by atoms with Crippen LogP contribution in [-0.4, -0.2) is 34.5 Å². The van der Waals surface area contributed by atoms with E-state index in [4.69, 9.17) is 9.47 Å². The summed E-state index contributed by atoms with van der Waals surface area (Å²) in [5.74, 6) is -0.448. The van der Waals surface area contributed by atoms with Crippen molar-refractivity contribution in [2.75, 3.05) is 18.5 Å². The van der Waals surface area contributed by atoms with Gasteiger partial charge in [-0.1, -0.05) is 36.4 Å². The van der Waals surface area contributed by atoms with E-state index in [0.29, 0.717) is 17.1 Å². The minimum absolute atomic E-state index is 0.00674. The highest BCUT2D eigenvalue weighted by atomic mass is 16.5. The molecule has 2 aromatic carbocycles. The lowest BCUT2D eigenvalue weighted by Crippen LogP contribution is -2.26. The van der Waals surface area contributed by atoms with Crippen LogP contribution >= 0.6 is 0 Å². The second-order valence-corrected chi connectivity index (χ2v) is 7.01. The van der Waals surface area contributed by atoms with Gasteiger partial charge in [0.25, 0.3) is 11.5 Å². The normalized spacial score (nSPS) is 10.5. The average Bonchev–Trinajstić information content (AvgIpc) is 2.97. The zero-order valence-electron chi connectivity index (χ0n) is 17.8. The molecule has 1 aromatic heterocycles. The third-order valence-electron chi connectivity index (χ3n) is 4.84. The van der Waals surface area contributed by atoms with Crippen molar-refractivity contribution in [2.24, 2.45) is 7.05 Å². The van der Waals surface area contributed by atoms with E-state index in [1.54, 1.807) is 30.8 Å². The van der Waals surface area contributed by atoms with Crippen LogP contribution in [0.1, 0.15) is 17.7 Å². The van der Waals surface area contributed by atoms with Crippen LogP contribution < -0.4 is 15.6 Å². The van der Waals surface area contributed by atoms with Gasteiger partial charge in [-0.3, -0.25) is 19.1 Å². The number of nitrogens with zero attached hydrogens (tertiary/aromatic N) is 2. The van der Waals surface area contributed by atoms with E-state index < -0.39 is 18.5 Å². The molecule has 31 heavy (non-hydrogen) atoms. The van der Waals surface area contributed by atoms with Gasteiger partial charge in [0.2, 0.25) is 0 Å². The number of carbonyl (C=O) groups is 2. The van der Waals surface area contributed by atoms with E-state index in [1.165, 1.54) is 4.68 Å². The Labute approximate surface area is 180 Å². The lowest BCUT2D eigenvalue weighted by Gasteiger charge is -2.09. The molecule has 0 saturated heterocycles.